The second kappa shape index (κ2) is 3.81. The summed E-state index contributed by atoms with van der Waals surface area (Å²) >= 11 is 0. The van der Waals surface area contributed by atoms with Crippen LogP contribution in [0.1, 0.15) is 52.9 Å². The van der Waals surface area contributed by atoms with Crippen LogP contribution in [0.2, 0.25) is 0 Å². The highest BCUT2D eigenvalue weighted by Gasteiger charge is 2.45. The fourth-order valence-electron chi connectivity index (χ4n) is 3.72. The van der Waals surface area contributed by atoms with Crippen LogP contribution in [-0.4, -0.2) is 0 Å². The molecule has 0 aromatic heterocycles. The van der Waals surface area contributed by atoms with Gasteiger partial charge >= 0.3 is 0 Å². The van der Waals surface area contributed by atoms with Crippen molar-refractivity contribution in [2.24, 2.45) is 17.3 Å². The van der Waals surface area contributed by atoms with Gasteiger partial charge in [0, 0.05) is 0 Å². The lowest BCUT2D eigenvalue weighted by Gasteiger charge is -2.40. The Morgan fingerprint density at radius 3 is 2.73 bits per heavy atom. The summed E-state index contributed by atoms with van der Waals surface area (Å²) < 4.78 is 0. The average molecular weight is 204 g/mol. The lowest BCUT2D eigenvalue weighted by molar-refractivity contribution is 0.204. The second-order valence-electron chi connectivity index (χ2n) is 5.81. The van der Waals surface area contributed by atoms with E-state index in [-0.39, 0.29) is 0 Å². The monoisotopic (exact) mass is 204 g/mol. The molecule has 1 fully saturated rings. The summed E-state index contributed by atoms with van der Waals surface area (Å²) in [5, 5.41) is 0. The highest BCUT2D eigenvalue weighted by atomic mass is 14.5. The van der Waals surface area contributed by atoms with E-state index in [4.69, 9.17) is 0 Å². The first-order valence-corrected chi connectivity index (χ1v) is 6.39. The quantitative estimate of drug-likeness (QED) is 0.542. The van der Waals surface area contributed by atoms with Crippen LogP contribution in [0.4, 0.5) is 0 Å². The zero-order valence-corrected chi connectivity index (χ0v) is 10.5. The molecule has 0 amide bonds. The molecular weight excluding hydrogens is 180 g/mol. The van der Waals surface area contributed by atoms with Crippen molar-refractivity contribution in [2.75, 3.05) is 0 Å². The zero-order valence-electron chi connectivity index (χ0n) is 10.5. The van der Waals surface area contributed by atoms with E-state index in [2.05, 4.69) is 33.4 Å². The minimum absolute atomic E-state index is 0.544. The van der Waals surface area contributed by atoms with Gasteiger partial charge in [-0.2, -0.15) is 0 Å². The molecule has 0 radical (unpaired) electrons. The fourth-order valence-corrected chi connectivity index (χ4v) is 3.72. The van der Waals surface area contributed by atoms with Crippen molar-refractivity contribution >= 4 is 0 Å². The van der Waals surface area contributed by atoms with Gasteiger partial charge in [0.15, 0.2) is 0 Å². The SMILES string of the molecule is C=C(C)[C@H]1CCC2(C1)C(C)=CCCC2C. The van der Waals surface area contributed by atoms with Crippen molar-refractivity contribution in [1.82, 2.24) is 0 Å². The number of allylic oxidation sites excluding steroid dienone is 3. The third-order valence-electron chi connectivity index (χ3n) is 5.03. The van der Waals surface area contributed by atoms with Gasteiger partial charge in [-0.15, -0.1) is 0 Å². The van der Waals surface area contributed by atoms with Crippen molar-refractivity contribution in [3.63, 3.8) is 0 Å². The zero-order chi connectivity index (χ0) is 11.1. The Morgan fingerprint density at radius 2 is 2.20 bits per heavy atom. The summed E-state index contributed by atoms with van der Waals surface area (Å²) in [6, 6.07) is 0. The molecule has 2 aliphatic carbocycles. The molecule has 1 spiro atoms. The van der Waals surface area contributed by atoms with Crippen LogP contribution < -0.4 is 0 Å². The molecule has 0 N–H and O–H groups in total. The van der Waals surface area contributed by atoms with Gasteiger partial charge in [0.1, 0.15) is 0 Å². The maximum atomic E-state index is 4.15. The standard InChI is InChI=1S/C15H24/c1-11(2)14-8-9-15(10-14)12(3)6-5-7-13(15)4/h6,13-14H,1,5,7-10H2,2-4H3/t13?,14-,15?/m0/s1. The first-order chi connectivity index (χ1) is 7.06. The van der Waals surface area contributed by atoms with Crippen LogP contribution in [0.5, 0.6) is 0 Å². The predicted octanol–water partition coefficient (Wildman–Crippen LogP) is 4.73. The lowest BCUT2D eigenvalue weighted by atomic mass is 9.64. The van der Waals surface area contributed by atoms with Crippen LogP contribution in [0.3, 0.4) is 0 Å². The van der Waals surface area contributed by atoms with Crippen LogP contribution in [-0.2, 0) is 0 Å². The molecule has 2 aliphatic rings. The number of hydrogen-bond acceptors (Lipinski definition) is 0. The van der Waals surface area contributed by atoms with Gasteiger partial charge in [-0.3, -0.25) is 0 Å². The summed E-state index contributed by atoms with van der Waals surface area (Å²) in [5.74, 6) is 1.67. The van der Waals surface area contributed by atoms with Crippen molar-refractivity contribution in [1.29, 1.82) is 0 Å². The largest absolute Gasteiger partial charge is 0.0999 e. The molecule has 0 saturated heterocycles. The molecule has 2 unspecified atom stereocenters. The van der Waals surface area contributed by atoms with Crippen molar-refractivity contribution in [3.8, 4) is 0 Å². The molecule has 0 aromatic carbocycles. The third-order valence-corrected chi connectivity index (χ3v) is 5.03. The topological polar surface area (TPSA) is 0 Å². The molecule has 3 atom stereocenters. The van der Waals surface area contributed by atoms with Gasteiger partial charge < -0.3 is 0 Å². The first-order valence-electron chi connectivity index (χ1n) is 6.39. The summed E-state index contributed by atoms with van der Waals surface area (Å²) in [6.07, 6.45) is 9.30. The van der Waals surface area contributed by atoms with Crippen LogP contribution in [0, 0.1) is 17.3 Å². The number of hydrogen-bond donors (Lipinski definition) is 0. The molecule has 15 heavy (non-hydrogen) atoms. The summed E-state index contributed by atoms with van der Waals surface area (Å²) in [7, 11) is 0. The van der Waals surface area contributed by atoms with Crippen molar-refractivity contribution in [2.45, 2.75) is 52.9 Å². The fraction of sp³-hybridized carbons (Fsp3) is 0.733. The Morgan fingerprint density at radius 1 is 1.47 bits per heavy atom. The van der Waals surface area contributed by atoms with Crippen molar-refractivity contribution in [3.05, 3.63) is 23.8 Å². The maximum absolute atomic E-state index is 4.15. The van der Waals surface area contributed by atoms with E-state index in [1.54, 1.807) is 5.57 Å². The van der Waals surface area contributed by atoms with E-state index in [1.807, 2.05) is 0 Å². The van der Waals surface area contributed by atoms with Gasteiger partial charge in [-0.25, -0.2) is 0 Å². The lowest BCUT2D eigenvalue weighted by Crippen LogP contribution is -2.30. The Kier molecular flexibility index (Phi) is 2.79. The first kappa shape index (κ1) is 11.0. The maximum Gasteiger partial charge on any atom is -0.00592 e. The Balaban J connectivity index is 2.23. The van der Waals surface area contributed by atoms with E-state index >= 15 is 0 Å². The van der Waals surface area contributed by atoms with Gasteiger partial charge in [0.2, 0.25) is 0 Å². The highest BCUT2D eigenvalue weighted by molar-refractivity contribution is 5.21. The Bertz CT molecular complexity index is 297. The molecule has 0 aliphatic heterocycles. The molecule has 84 valence electrons. The van der Waals surface area contributed by atoms with E-state index in [9.17, 15) is 0 Å². The summed E-state index contributed by atoms with van der Waals surface area (Å²) in [4.78, 5) is 0. The van der Waals surface area contributed by atoms with Gasteiger partial charge in [-0.05, 0) is 63.2 Å². The van der Waals surface area contributed by atoms with Crippen LogP contribution in [0.25, 0.3) is 0 Å². The van der Waals surface area contributed by atoms with E-state index < -0.39 is 0 Å². The normalized spacial score (nSPS) is 40.6. The smallest absolute Gasteiger partial charge is 0.00592 e. The van der Waals surface area contributed by atoms with E-state index in [1.165, 1.54) is 37.7 Å². The molecular formula is C15H24. The minimum atomic E-state index is 0.544. The van der Waals surface area contributed by atoms with Crippen LogP contribution in [0.15, 0.2) is 23.8 Å². The number of rotatable bonds is 1. The third kappa shape index (κ3) is 1.68. The molecule has 2 rings (SSSR count). The molecule has 0 heterocycles. The second-order valence-corrected chi connectivity index (χ2v) is 5.81. The van der Waals surface area contributed by atoms with Gasteiger partial charge in [0.05, 0.1) is 0 Å². The van der Waals surface area contributed by atoms with E-state index in [0.717, 1.165) is 11.8 Å². The summed E-state index contributed by atoms with van der Waals surface area (Å²) in [6.45, 7) is 11.2. The average Bonchev–Trinajstić information content (AvgIpc) is 2.61. The highest BCUT2D eigenvalue weighted by Crippen LogP contribution is 2.56. The molecule has 0 bridgehead atoms. The van der Waals surface area contributed by atoms with Crippen LogP contribution >= 0.6 is 0 Å². The Labute approximate surface area is 94.5 Å². The predicted molar refractivity (Wildman–Crippen MR) is 66.7 cm³/mol. The van der Waals surface area contributed by atoms with Crippen molar-refractivity contribution < 1.29 is 0 Å². The minimum Gasteiger partial charge on any atom is -0.0999 e. The van der Waals surface area contributed by atoms with Gasteiger partial charge in [-0.1, -0.05) is 30.7 Å². The summed E-state index contributed by atoms with van der Waals surface area (Å²) in [5.41, 5.74) is 3.62. The Hall–Kier alpha value is -0.520. The van der Waals surface area contributed by atoms with Gasteiger partial charge in [0.25, 0.3) is 0 Å². The molecule has 0 heteroatoms. The molecule has 0 aromatic rings. The van der Waals surface area contributed by atoms with E-state index in [0.29, 0.717) is 5.41 Å². The molecule has 1 saturated carbocycles. The molecule has 0 nitrogen and oxygen atoms in total.